The summed E-state index contributed by atoms with van der Waals surface area (Å²) < 4.78 is 5.31. The van der Waals surface area contributed by atoms with Crippen LogP contribution in [0.2, 0.25) is 0 Å². The largest absolute Gasteiger partial charge is 0.481 e. The minimum atomic E-state index is -0.916. The van der Waals surface area contributed by atoms with E-state index in [2.05, 4.69) is 0 Å². The third-order valence-corrected chi connectivity index (χ3v) is 3.45. The second-order valence-electron chi connectivity index (χ2n) is 4.26. The van der Waals surface area contributed by atoms with Crippen molar-refractivity contribution in [2.45, 2.75) is 25.0 Å². The number of carboxylic acids is 1. The van der Waals surface area contributed by atoms with Gasteiger partial charge in [-0.3, -0.25) is 9.59 Å². The zero-order valence-corrected chi connectivity index (χ0v) is 11.3. The van der Waals surface area contributed by atoms with Crippen LogP contribution in [0.15, 0.2) is 0 Å². The summed E-state index contributed by atoms with van der Waals surface area (Å²) in [6, 6.07) is -0.499. The predicted molar refractivity (Wildman–Crippen MR) is 69.5 cm³/mol. The van der Waals surface area contributed by atoms with Crippen molar-refractivity contribution in [2.75, 3.05) is 31.7 Å². The smallest absolute Gasteiger partial charge is 0.306 e. The van der Waals surface area contributed by atoms with Crippen molar-refractivity contribution < 1.29 is 19.4 Å². The molecule has 1 aliphatic heterocycles. The minimum Gasteiger partial charge on any atom is -0.481 e. The Labute approximate surface area is 111 Å². The van der Waals surface area contributed by atoms with Crippen molar-refractivity contribution in [1.82, 2.24) is 4.90 Å². The average molecular weight is 276 g/mol. The molecule has 0 radical (unpaired) electrons. The molecule has 0 saturated carbocycles. The number of ether oxygens (including phenoxy) is 1. The lowest BCUT2D eigenvalue weighted by Crippen LogP contribution is -2.51. The zero-order valence-electron chi connectivity index (χ0n) is 10.5. The molecule has 7 heteroatoms. The third-order valence-electron chi connectivity index (χ3n) is 2.80. The number of nitrogens with two attached hydrogens (primary N) is 1. The second-order valence-corrected chi connectivity index (χ2v) is 5.25. The lowest BCUT2D eigenvalue weighted by molar-refractivity contribution is -0.148. The number of carboxylic acid groups (broad SMARTS) is 1. The van der Waals surface area contributed by atoms with Gasteiger partial charge in [0.05, 0.1) is 25.2 Å². The molecule has 6 nitrogen and oxygen atoms in total. The van der Waals surface area contributed by atoms with Crippen LogP contribution in [0.3, 0.4) is 0 Å². The Balaban J connectivity index is 2.44. The fourth-order valence-corrected chi connectivity index (χ4v) is 2.33. The molecule has 18 heavy (non-hydrogen) atoms. The van der Waals surface area contributed by atoms with Crippen LogP contribution < -0.4 is 5.73 Å². The SMILES string of the molecule is CSCC[C@@H](N)C(=O)N1CCOC(CC(=O)O)C1. The van der Waals surface area contributed by atoms with Crippen molar-refractivity contribution in [2.24, 2.45) is 5.73 Å². The third kappa shape index (κ3) is 4.83. The molecule has 1 aliphatic rings. The lowest BCUT2D eigenvalue weighted by Gasteiger charge is -2.33. The van der Waals surface area contributed by atoms with E-state index in [4.69, 9.17) is 15.6 Å². The van der Waals surface area contributed by atoms with Crippen LogP contribution in [0.1, 0.15) is 12.8 Å². The first-order valence-electron chi connectivity index (χ1n) is 5.91. The number of carbonyl (C=O) groups is 2. The van der Waals surface area contributed by atoms with E-state index in [0.29, 0.717) is 26.1 Å². The Kier molecular flexibility index (Phi) is 6.45. The van der Waals surface area contributed by atoms with Crippen molar-refractivity contribution in [3.63, 3.8) is 0 Å². The topological polar surface area (TPSA) is 92.9 Å². The fraction of sp³-hybridized carbons (Fsp3) is 0.818. The highest BCUT2D eigenvalue weighted by molar-refractivity contribution is 7.98. The van der Waals surface area contributed by atoms with E-state index in [0.717, 1.165) is 5.75 Å². The number of nitrogens with zero attached hydrogens (tertiary/aromatic N) is 1. The Morgan fingerprint density at radius 3 is 2.94 bits per heavy atom. The molecule has 1 saturated heterocycles. The molecule has 2 atom stereocenters. The molecule has 1 fully saturated rings. The number of hydrogen-bond acceptors (Lipinski definition) is 5. The number of hydrogen-bond donors (Lipinski definition) is 2. The van der Waals surface area contributed by atoms with Crippen LogP contribution in [0.25, 0.3) is 0 Å². The van der Waals surface area contributed by atoms with Gasteiger partial charge in [-0.2, -0.15) is 11.8 Å². The van der Waals surface area contributed by atoms with E-state index in [1.54, 1.807) is 16.7 Å². The summed E-state index contributed by atoms with van der Waals surface area (Å²) in [5.74, 6) is -0.181. The summed E-state index contributed by atoms with van der Waals surface area (Å²) in [7, 11) is 0. The van der Waals surface area contributed by atoms with E-state index < -0.39 is 18.1 Å². The van der Waals surface area contributed by atoms with Gasteiger partial charge in [0.1, 0.15) is 0 Å². The second kappa shape index (κ2) is 7.60. The summed E-state index contributed by atoms with van der Waals surface area (Å²) in [4.78, 5) is 24.2. The van der Waals surface area contributed by atoms with E-state index in [1.165, 1.54) is 0 Å². The highest BCUT2D eigenvalue weighted by atomic mass is 32.2. The number of carbonyl (C=O) groups excluding carboxylic acids is 1. The molecule has 1 rings (SSSR count). The van der Waals surface area contributed by atoms with Crippen LogP contribution in [-0.2, 0) is 14.3 Å². The van der Waals surface area contributed by atoms with Gasteiger partial charge < -0.3 is 20.5 Å². The molecule has 1 unspecified atom stereocenters. The highest BCUT2D eigenvalue weighted by Crippen LogP contribution is 2.11. The van der Waals surface area contributed by atoms with Crippen molar-refractivity contribution in [1.29, 1.82) is 0 Å². The molecule has 104 valence electrons. The van der Waals surface area contributed by atoms with Crippen LogP contribution >= 0.6 is 11.8 Å². The van der Waals surface area contributed by atoms with E-state index in [1.807, 2.05) is 6.26 Å². The predicted octanol–water partition coefficient (Wildman–Crippen LogP) is -0.231. The van der Waals surface area contributed by atoms with E-state index in [9.17, 15) is 9.59 Å². The quantitative estimate of drug-likeness (QED) is 0.696. The van der Waals surface area contributed by atoms with Crippen LogP contribution in [0.4, 0.5) is 0 Å². The van der Waals surface area contributed by atoms with Crippen molar-refractivity contribution in [3.05, 3.63) is 0 Å². The summed E-state index contributed by atoms with van der Waals surface area (Å²) >= 11 is 1.65. The first kappa shape index (κ1) is 15.3. The van der Waals surface area contributed by atoms with Gasteiger partial charge in [-0.05, 0) is 18.4 Å². The van der Waals surface area contributed by atoms with Gasteiger partial charge in [0.15, 0.2) is 0 Å². The number of morpholine rings is 1. The minimum absolute atomic E-state index is 0.0795. The first-order chi connectivity index (χ1) is 8.54. The summed E-state index contributed by atoms with van der Waals surface area (Å²) in [6.45, 7) is 1.18. The van der Waals surface area contributed by atoms with Gasteiger partial charge in [-0.1, -0.05) is 0 Å². The molecular weight excluding hydrogens is 256 g/mol. The number of thioether (sulfide) groups is 1. The van der Waals surface area contributed by atoms with Gasteiger partial charge in [0.2, 0.25) is 5.91 Å². The fourth-order valence-electron chi connectivity index (χ4n) is 1.84. The molecule has 3 N–H and O–H groups in total. The Morgan fingerprint density at radius 2 is 2.33 bits per heavy atom. The summed E-state index contributed by atoms with van der Waals surface area (Å²) in [6.07, 6.45) is 2.10. The molecule has 0 bridgehead atoms. The summed E-state index contributed by atoms with van der Waals surface area (Å²) in [5, 5.41) is 8.71. The first-order valence-corrected chi connectivity index (χ1v) is 7.30. The molecule has 1 amide bonds. The molecule has 0 aliphatic carbocycles. The van der Waals surface area contributed by atoms with Crippen LogP contribution in [0.5, 0.6) is 0 Å². The number of amides is 1. The van der Waals surface area contributed by atoms with Crippen LogP contribution in [-0.4, -0.2) is 65.7 Å². The van der Waals surface area contributed by atoms with E-state index >= 15 is 0 Å². The van der Waals surface area contributed by atoms with Gasteiger partial charge in [-0.15, -0.1) is 0 Å². The average Bonchev–Trinajstić information content (AvgIpc) is 2.34. The normalized spacial score (nSPS) is 21.7. The monoisotopic (exact) mass is 276 g/mol. The Morgan fingerprint density at radius 1 is 1.61 bits per heavy atom. The molecule has 0 aromatic carbocycles. The van der Waals surface area contributed by atoms with Gasteiger partial charge >= 0.3 is 5.97 Å². The Bertz CT molecular complexity index is 301. The van der Waals surface area contributed by atoms with Crippen molar-refractivity contribution in [3.8, 4) is 0 Å². The van der Waals surface area contributed by atoms with Crippen LogP contribution in [0, 0.1) is 0 Å². The maximum absolute atomic E-state index is 12.0. The van der Waals surface area contributed by atoms with Gasteiger partial charge in [-0.25, -0.2) is 0 Å². The Hall–Kier alpha value is -0.790. The molecule has 0 aromatic heterocycles. The molecule has 1 heterocycles. The van der Waals surface area contributed by atoms with Crippen molar-refractivity contribution >= 4 is 23.6 Å². The highest BCUT2D eigenvalue weighted by Gasteiger charge is 2.28. The van der Waals surface area contributed by atoms with Gasteiger partial charge in [0.25, 0.3) is 0 Å². The number of rotatable bonds is 6. The van der Waals surface area contributed by atoms with E-state index in [-0.39, 0.29) is 12.3 Å². The summed E-state index contributed by atoms with van der Waals surface area (Å²) in [5.41, 5.74) is 5.82. The zero-order chi connectivity index (χ0) is 13.5. The number of aliphatic carboxylic acids is 1. The lowest BCUT2D eigenvalue weighted by atomic mass is 10.1. The standard InChI is InChI=1S/C11H20N2O4S/c1-18-5-2-9(12)11(16)13-3-4-17-8(7-13)6-10(14)15/h8-9H,2-7,12H2,1H3,(H,14,15)/t8?,9-/m1/s1. The molecular formula is C11H20N2O4S. The van der Waals surface area contributed by atoms with Gasteiger partial charge in [0, 0.05) is 13.1 Å². The maximum atomic E-state index is 12.0. The maximum Gasteiger partial charge on any atom is 0.306 e. The molecule has 0 spiro atoms. The molecule has 0 aromatic rings.